The molecular formula is C10H12Br3N3O2. The van der Waals surface area contributed by atoms with E-state index in [0.717, 1.165) is 0 Å². The van der Waals surface area contributed by atoms with Crippen molar-refractivity contribution in [3.05, 3.63) is 62.7 Å². The average Bonchev–Trinajstić information content (AvgIpc) is 2.22. The van der Waals surface area contributed by atoms with Gasteiger partial charge in [0.2, 0.25) is 0 Å². The molecule has 0 aliphatic carbocycles. The van der Waals surface area contributed by atoms with E-state index in [1.54, 1.807) is 6.20 Å². The molecule has 2 rings (SSSR count). The zero-order valence-corrected chi connectivity index (χ0v) is 14.2. The van der Waals surface area contributed by atoms with Gasteiger partial charge in [-0.05, 0) is 0 Å². The summed E-state index contributed by atoms with van der Waals surface area (Å²) in [6, 6.07) is 2.89. The number of rotatable bonds is 2. The summed E-state index contributed by atoms with van der Waals surface area (Å²) >= 11 is 0. The quantitative estimate of drug-likeness (QED) is 0.739. The first-order valence-corrected chi connectivity index (χ1v) is 4.45. The minimum absolute atomic E-state index is 0. The van der Waals surface area contributed by atoms with Crippen LogP contribution in [0.15, 0.2) is 40.4 Å². The highest BCUT2D eigenvalue weighted by atomic mass is 79.9. The lowest BCUT2D eigenvalue weighted by molar-refractivity contribution is 0.989. The maximum Gasteiger partial charge on any atom is 0.254 e. The number of aromatic amines is 2. The minimum atomic E-state index is -0.185. The van der Waals surface area contributed by atoms with Crippen molar-refractivity contribution < 1.29 is 0 Å². The van der Waals surface area contributed by atoms with E-state index in [4.69, 9.17) is 0 Å². The van der Waals surface area contributed by atoms with Crippen molar-refractivity contribution in [2.45, 2.75) is 6.42 Å². The Kier molecular flexibility index (Phi) is 10.1. The van der Waals surface area contributed by atoms with Gasteiger partial charge in [0.1, 0.15) is 0 Å². The summed E-state index contributed by atoms with van der Waals surface area (Å²) in [6.45, 7) is 0. The molecule has 0 bridgehead atoms. The molecule has 0 aliphatic heterocycles. The van der Waals surface area contributed by atoms with Crippen LogP contribution in [-0.4, -0.2) is 15.0 Å². The van der Waals surface area contributed by atoms with Gasteiger partial charge < -0.3 is 9.97 Å². The number of aromatic nitrogens is 3. The van der Waals surface area contributed by atoms with Gasteiger partial charge in [-0.15, -0.1) is 50.9 Å². The van der Waals surface area contributed by atoms with Gasteiger partial charge in [-0.25, -0.2) is 4.98 Å². The van der Waals surface area contributed by atoms with Crippen molar-refractivity contribution in [3.63, 3.8) is 0 Å². The molecule has 0 fully saturated rings. The Morgan fingerprint density at radius 2 is 1.83 bits per heavy atom. The zero-order chi connectivity index (χ0) is 10.7. The average molecular weight is 446 g/mol. The van der Waals surface area contributed by atoms with Gasteiger partial charge in [0.15, 0.2) is 5.43 Å². The summed E-state index contributed by atoms with van der Waals surface area (Å²) in [5.41, 5.74) is 0.958. The van der Waals surface area contributed by atoms with E-state index in [0.29, 0.717) is 17.7 Å². The molecule has 5 nitrogen and oxygen atoms in total. The monoisotopic (exact) mass is 443 g/mol. The molecule has 2 aromatic rings. The Morgan fingerprint density at radius 3 is 2.44 bits per heavy atom. The summed E-state index contributed by atoms with van der Waals surface area (Å²) in [5.74, 6) is 0. The van der Waals surface area contributed by atoms with Crippen LogP contribution >= 0.6 is 50.9 Å². The van der Waals surface area contributed by atoms with Gasteiger partial charge in [0, 0.05) is 42.2 Å². The molecule has 8 heteroatoms. The Bertz CT molecular complexity index is 583. The zero-order valence-electron chi connectivity index (χ0n) is 9.08. The van der Waals surface area contributed by atoms with Crippen LogP contribution < -0.4 is 11.0 Å². The second-order valence-electron chi connectivity index (χ2n) is 3.13. The molecule has 0 atom stereocenters. The molecule has 0 spiro atoms. The third-order valence-corrected chi connectivity index (χ3v) is 2.01. The van der Waals surface area contributed by atoms with Gasteiger partial charge in [-0.2, -0.15) is 0 Å². The highest BCUT2D eigenvalue weighted by Gasteiger charge is 2.01. The van der Waals surface area contributed by atoms with Crippen molar-refractivity contribution in [2.24, 2.45) is 0 Å². The number of H-pyrrole nitrogens is 2. The third-order valence-electron chi connectivity index (χ3n) is 2.01. The van der Waals surface area contributed by atoms with Crippen LogP contribution in [0.3, 0.4) is 0 Å². The summed E-state index contributed by atoms with van der Waals surface area (Å²) in [7, 11) is 0. The Balaban J connectivity index is 0. The van der Waals surface area contributed by atoms with Gasteiger partial charge in [-0.1, -0.05) is 0 Å². The van der Waals surface area contributed by atoms with Crippen LogP contribution in [0.1, 0.15) is 11.3 Å². The van der Waals surface area contributed by atoms with Crippen molar-refractivity contribution >= 4 is 50.9 Å². The molecular weight excluding hydrogens is 434 g/mol. The van der Waals surface area contributed by atoms with Crippen molar-refractivity contribution in [1.82, 2.24) is 15.0 Å². The number of hydrogen-bond acceptors (Lipinski definition) is 3. The molecule has 18 heavy (non-hydrogen) atoms. The summed E-state index contributed by atoms with van der Waals surface area (Å²) < 4.78 is 0. The van der Waals surface area contributed by atoms with E-state index in [9.17, 15) is 9.59 Å². The number of pyridine rings is 1. The highest BCUT2D eigenvalue weighted by molar-refractivity contribution is 8.93. The van der Waals surface area contributed by atoms with E-state index in [1.807, 2.05) is 0 Å². The first kappa shape index (κ1) is 19.6. The Morgan fingerprint density at radius 1 is 1.11 bits per heavy atom. The predicted octanol–water partition coefficient (Wildman–Crippen LogP) is 1.78. The van der Waals surface area contributed by atoms with Crippen LogP contribution in [0.25, 0.3) is 0 Å². The van der Waals surface area contributed by atoms with Crippen LogP contribution in [-0.2, 0) is 6.42 Å². The molecule has 100 valence electrons. The predicted molar refractivity (Wildman–Crippen MR) is 85.7 cm³/mol. The van der Waals surface area contributed by atoms with Crippen molar-refractivity contribution in [1.29, 1.82) is 0 Å². The number of nitrogens with zero attached hydrogens (tertiary/aromatic N) is 1. The lowest BCUT2D eigenvalue weighted by atomic mass is 10.2. The normalized spacial score (nSPS) is 8.44. The van der Waals surface area contributed by atoms with E-state index in [-0.39, 0.29) is 61.9 Å². The lowest BCUT2D eigenvalue weighted by Gasteiger charge is -1.99. The molecule has 0 aromatic carbocycles. The van der Waals surface area contributed by atoms with Gasteiger partial charge in [0.25, 0.3) is 5.56 Å². The summed E-state index contributed by atoms with van der Waals surface area (Å²) in [4.78, 5) is 31.6. The van der Waals surface area contributed by atoms with Crippen LogP contribution in [0.5, 0.6) is 0 Å². The van der Waals surface area contributed by atoms with Crippen LogP contribution in [0.2, 0.25) is 0 Å². The maximum atomic E-state index is 11.3. The van der Waals surface area contributed by atoms with E-state index >= 15 is 0 Å². The van der Waals surface area contributed by atoms with Gasteiger partial charge in [-0.3, -0.25) is 9.59 Å². The van der Waals surface area contributed by atoms with E-state index in [1.165, 1.54) is 24.7 Å². The third kappa shape index (κ3) is 5.28. The number of nitrogens with one attached hydrogen (secondary N) is 2. The van der Waals surface area contributed by atoms with Crippen molar-refractivity contribution in [3.8, 4) is 0 Å². The fourth-order valence-corrected chi connectivity index (χ4v) is 1.30. The number of halogens is 3. The SMILES string of the molecule is Br.Br.Br.O=c1cc[nH]c(Cc2cnc[nH]c2=O)c1. The molecule has 2 aromatic heterocycles. The molecule has 0 aliphatic rings. The molecule has 2 N–H and O–H groups in total. The summed E-state index contributed by atoms with van der Waals surface area (Å²) in [6.07, 6.45) is 4.76. The highest BCUT2D eigenvalue weighted by Crippen LogP contribution is 1.97. The molecule has 2 heterocycles. The fourth-order valence-electron chi connectivity index (χ4n) is 1.30. The first-order chi connectivity index (χ1) is 7.25. The Labute approximate surface area is 134 Å². The smallest absolute Gasteiger partial charge is 0.254 e. The van der Waals surface area contributed by atoms with E-state index in [2.05, 4.69) is 15.0 Å². The number of hydrogen-bond donors (Lipinski definition) is 2. The molecule has 0 radical (unpaired) electrons. The van der Waals surface area contributed by atoms with Crippen LogP contribution in [0.4, 0.5) is 0 Å². The maximum absolute atomic E-state index is 11.3. The minimum Gasteiger partial charge on any atom is -0.364 e. The molecule has 0 unspecified atom stereocenters. The lowest BCUT2D eigenvalue weighted by Crippen LogP contribution is -2.14. The second-order valence-corrected chi connectivity index (χ2v) is 3.13. The molecule has 0 saturated heterocycles. The van der Waals surface area contributed by atoms with Gasteiger partial charge in [0.05, 0.1) is 6.33 Å². The van der Waals surface area contributed by atoms with Crippen molar-refractivity contribution in [2.75, 3.05) is 0 Å². The van der Waals surface area contributed by atoms with Crippen LogP contribution in [0, 0.1) is 0 Å². The molecule has 0 saturated carbocycles. The largest absolute Gasteiger partial charge is 0.364 e. The van der Waals surface area contributed by atoms with E-state index < -0.39 is 0 Å². The molecule has 0 amide bonds. The van der Waals surface area contributed by atoms with Gasteiger partial charge >= 0.3 is 0 Å². The first-order valence-electron chi connectivity index (χ1n) is 4.45. The fraction of sp³-hybridized carbons (Fsp3) is 0.100. The standard InChI is InChI=1S/C10H9N3O2.3BrH/c14-9-1-2-12-8(4-9)3-7-5-11-6-13-10(7)15;;;/h1-2,4-6H,3H2,(H,12,14)(H,11,13,15);3*1H. The topological polar surface area (TPSA) is 78.6 Å². The summed E-state index contributed by atoms with van der Waals surface area (Å²) in [5, 5.41) is 0. The Hall–Kier alpha value is -0.730. The second kappa shape index (κ2) is 9.23.